The van der Waals surface area contributed by atoms with E-state index in [0.717, 1.165) is 12.8 Å². The Labute approximate surface area is 132 Å². The predicted octanol–water partition coefficient (Wildman–Crippen LogP) is 4.48. The lowest BCUT2D eigenvalue weighted by atomic mass is 9.89. The molecule has 2 nitrogen and oxygen atoms in total. The first-order valence-corrected chi connectivity index (χ1v) is 8.34. The van der Waals surface area contributed by atoms with Crippen LogP contribution in [0.15, 0.2) is 65.7 Å². The summed E-state index contributed by atoms with van der Waals surface area (Å²) >= 11 is 0. The molecule has 1 aliphatic carbocycles. The quantitative estimate of drug-likeness (QED) is 0.866. The third kappa shape index (κ3) is 2.48. The number of rotatable bonds is 2. The fourth-order valence-electron chi connectivity index (χ4n) is 3.78. The van der Waals surface area contributed by atoms with Gasteiger partial charge in [0.05, 0.1) is 11.8 Å². The molecule has 2 aliphatic rings. The number of hydrogen-bond donors (Lipinski definition) is 1. The fraction of sp³-hybridized carbons (Fsp3) is 0.350. The first-order chi connectivity index (χ1) is 10.9. The average Bonchev–Trinajstić information content (AvgIpc) is 2.96. The minimum Gasteiger partial charge on any atom is -0.281 e. The van der Waals surface area contributed by atoms with Crippen LogP contribution >= 0.6 is 0 Å². The molecule has 0 amide bonds. The molecule has 22 heavy (non-hydrogen) atoms. The number of nitrogens with zero attached hydrogens (tertiary/aromatic N) is 1. The second-order valence-corrected chi connectivity index (χ2v) is 6.44. The van der Waals surface area contributed by atoms with E-state index < -0.39 is 0 Å². The largest absolute Gasteiger partial charge is 0.281 e. The van der Waals surface area contributed by atoms with E-state index in [2.05, 4.69) is 66.0 Å². The van der Waals surface area contributed by atoms with E-state index in [1.54, 1.807) is 0 Å². The van der Waals surface area contributed by atoms with Crippen molar-refractivity contribution in [1.82, 2.24) is 5.32 Å². The summed E-state index contributed by atoms with van der Waals surface area (Å²) in [5.41, 5.74) is 3.72. The van der Waals surface area contributed by atoms with Crippen LogP contribution in [0.1, 0.15) is 49.3 Å². The van der Waals surface area contributed by atoms with Gasteiger partial charge in [-0.05, 0) is 36.8 Å². The number of aliphatic imine (C=N–C) groups is 1. The highest BCUT2D eigenvalue weighted by Crippen LogP contribution is 2.38. The van der Waals surface area contributed by atoms with E-state index in [4.69, 9.17) is 4.99 Å². The van der Waals surface area contributed by atoms with Gasteiger partial charge in [0.25, 0.3) is 0 Å². The van der Waals surface area contributed by atoms with Crippen molar-refractivity contribution < 1.29 is 0 Å². The van der Waals surface area contributed by atoms with Gasteiger partial charge in [-0.3, -0.25) is 10.3 Å². The molecular formula is C20H22N2. The number of hydrogen-bond acceptors (Lipinski definition) is 2. The van der Waals surface area contributed by atoms with E-state index in [9.17, 15) is 0 Å². The van der Waals surface area contributed by atoms with E-state index in [-0.39, 0.29) is 11.7 Å². The Morgan fingerprint density at radius 3 is 2.14 bits per heavy atom. The highest BCUT2D eigenvalue weighted by molar-refractivity contribution is 6.06. The highest BCUT2D eigenvalue weighted by Gasteiger charge is 2.41. The molecule has 112 valence electrons. The summed E-state index contributed by atoms with van der Waals surface area (Å²) in [7, 11) is 0. The summed E-state index contributed by atoms with van der Waals surface area (Å²) in [5, 5.41) is 3.87. The van der Waals surface area contributed by atoms with Gasteiger partial charge < -0.3 is 0 Å². The van der Waals surface area contributed by atoms with E-state index >= 15 is 0 Å². The molecule has 1 heterocycles. The smallest absolute Gasteiger partial charge is 0.111 e. The molecule has 1 aliphatic heterocycles. The van der Waals surface area contributed by atoms with Crippen molar-refractivity contribution in [3.63, 3.8) is 0 Å². The summed E-state index contributed by atoms with van der Waals surface area (Å²) in [6, 6.07) is 21.6. The van der Waals surface area contributed by atoms with E-state index in [1.807, 2.05) is 0 Å². The summed E-state index contributed by atoms with van der Waals surface area (Å²) < 4.78 is 0. The topological polar surface area (TPSA) is 24.4 Å². The van der Waals surface area contributed by atoms with Gasteiger partial charge in [-0.25, -0.2) is 0 Å². The maximum atomic E-state index is 5.21. The zero-order valence-corrected chi connectivity index (χ0v) is 12.8. The SMILES string of the molecule is c1ccc(C2=NC3(CCCCC3)NC2c2ccccc2)cc1. The Bertz CT molecular complexity index is 655. The van der Waals surface area contributed by atoms with Crippen LogP contribution < -0.4 is 5.32 Å². The van der Waals surface area contributed by atoms with Crippen LogP contribution in [-0.4, -0.2) is 11.4 Å². The lowest BCUT2D eigenvalue weighted by Gasteiger charge is -2.32. The predicted molar refractivity (Wildman–Crippen MR) is 91.1 cm³/mol. The summed E-state index contributed by atoms with van der Waals surface area (Å²) in [6.45, 7) is 0. The van der Waals surface area contributed by atoms with Gasteiger partial charge in [-0.2, -0.15) is 0 Å². The standard InChI is InChI=1S/C20H22N2/c1-4-10-16(11-5-1)18-19(17-12-6-2-7-13-17)22-20(21-18)14-8-3-9-15-20/h1-2,4-7,10-13,18,21H,3,8-9,14-15H2. The maximum Gasteiger partial charge on any atom is 0.111 e. The van der Waals surface area contributed by atoms with E-state index in [1.165, 1.54) is 36.1 Å². The molecule has 2 heteroatoms. The van der Waals surface area contributed by atoms with Gasteiger partial charge in [0.15, 0.2) is 0 Å². The second-order valence-electron chi connectivity index (χ2n) is 6.44. The second kappa shape index (κ2) is 5.69. The van der Waals surface area contributed by atoms with Gasteiger partial charge >= 0.3 is 0 Å². The summed E-state index contributed by atoms with van der Waals surface area (Å²) in [5.74, 6) is 0. The monoisotopic (exact) mass is 290 g/mol. The lowest BCUT2D eigenvalue weighted by molar-refractivity contribution is 0.251. The molecule has 1 unspecified atom stereocenters. The van der Waals surface area contributed by atoms with Gasteiger partial charge in [0.2, 0.25) is 0 Å². The molecule has 4 rings (SSSR count). The minimum absolute atomic E-state index is 0.0378. The molecule has 0 saturated heterocycles. The van der Waals surface area contributed by atoms with Crippen LogP contribution in [0, 0.1) is 0 Å². The van der Waals surface area contributed by atoms with Crippen LogP contribution in [0.4, 0.5) is 0 Å². The maximum absolute atomic E-state index is 5.21. The molecule has 2 aromatic rings. The Morgan fingerprint density at radius 2 is 1.45 bits per heavy atom. The first kappa shape index (κ1) is 13.7. The van der Waals surface area contributed by atoms with Crippen molar-refractivity contribution in [2.24, 2.45) is 4.99 Å². The van der Waals surface area contributed by atoms with Crippen LogP contribution in [-0.2, 0) is 0 Å². The normalized spacial score (nSPS) is 23.5. The molecular weight excluding hydrogens is 268 g/mol. The average molecular weight is 290 g/mol. The molecule has 0 bridgehead atoms. The van der Waals surface area contributed by atoms with Crippen molar-refractivity contribution >= 4 is 5.71 Å². The first-order valence-electron chi connectivity index (χ1n) is 8.34. The molecule has 1 spiro atoms. The number of benzene rings is 2. The molecule has 0 aromatic heterocycles. The van der Waals surface area contributed by atoms with Crippen molar-refractivity contribution in [3.8, 4) is 0 Å². The Hall–Kier alpha value is -1.93. The Morgan fingerprint density at radius 1 is 0.818 bits per heavy atom. The van der Waals surface area contributed by atoms with Crippen molar-refractivity contribution in [3.05, 3.63) is 71.8 Å². The van der Waals surface area contributed by atoms with Crippen LogP contribution in [0.5, 0.6) is 0 Å². The molecule has 1 fully saturated rings. The minimum atomic E-state index is -0.0378. The van der Waals surface area contributed by atoms with Crippen LogP contribution in [0.25, 0.3) is 0 Å². The number of nitrogens with one attached hydrogen (secondary N) is 1. The van der Waals surface area contributed by atoms with Crippen LogP contribution in [0.2, 0.25) is 0 Å². The fourth-order valence-corrected chi connectivity index (χ4v) is 3.78. The van der Waals surface area contributed by atoms with Crippen molar-refractivity contribution in [2.75, 3.05) is 0 Å². The zero-order chi connectivity index (χ0) is 14.8. The van der Waals surface area contributed by atoms with E-state index in [0.29, 0.717) is 0 Å². The Kier molecular flexibility index (Phi) is 3.55. The van der Waals surface area contributed by atoms with Gasteiger partial charge in [0, 0.05) is 0 Å². The molecule has 2 aromatic carbocycles. The molecule has 1 saturated carbocycles. The zero-order valence-electron chi connectivity index (χ0n) is 12.8. The third-order valence-corrected chi connectivity index (χ3v) is 4.90. The lowest BCUT2D eigenvalue weighted by Crippen LogP contribution is -2.42. The van der Waals surface area contributed by atoms with Crippen molar-refractivity contribution in [2.45, 2.75) is 43.8 Å². The Balaban J connectivity index is 1.76. The molecule has 0 radical (unpaired) electrons. The van der Waals surface area contributed by atoms with Crippen molar-refractivity contribution in [1.29, 1.82) is 0 Å². The van der Waals surface area contributed by atoms with Gasteiger partial charge in [-0.15, -0.1) is 0 Å². The molecule has 1 atom stereocenters. The molecule has 1 N–H and O–H groups in total. The van der Waals surface area contributed by atoms with Gasteiger partial charge in [0.1, 0.15) is 5.66 Å². The summed E-state index contributed by atoms with van der Waals surface area (Å²) in [4.78, 5) is 5.21. The summed E-state index contributed by atoms with van der Waals surface area (Å²) in [6.07, 6.45) is 6.22. The highest BCUT2D eigenvalue weighted by atomic mass is 15.2. The van der Waals surface area contributed by atoms with Gasteiger partial charge in [-0.1, -0.05) is 67.1 Å². The van der Waals surface area contributed by atoms with Crippen LogP contribution in [0.3, 0.4) is 0 Å². The third-order valence-electron chi connectivity index (χ3n) is 4.90.